The number of nitrogens with one attached hydrogen (secondary N) is 3. The zero-order valence-corrected chi connectivity index (χ0v) is 26.8. The first-order chi connectivity index (χ1) is 21.0. The van der Waals surface area contributed by atoms with Gasteiger partial charge in [-0.1, -0.05) is 32.1 Å². The fourth-order valence-corrected chi connectivity index (χ4v) is 5.11. The number of esters is 1. The van der Waals surface area contributed by atoms with E-state index in [4.69, 9.17) is 15.2 Å². The lowest BCUT2D eigenvalue weighted by molar-refractivity contribution is -0.176. The molecule has 1 heterocycles. The van der Waals surface area contributed by atoms with Crippen molar-refractivity contribution in [2.45, 2.75) is 90.3 Å². The van der Waals surface area contributed by atoms with Gasteiger partial charge in [0.1, 0.15) is 23.7 Å². The van der Waals surface area contributed by atoms with E-state index in [1.165, 1.54) is 45.9 Å². The average Bonchev–Trinajstić information content (AvgIpc) is 3.43. The van der Waals surface area contributed by atoms with E-state index in [2.05, 4.69) is 22.5 Å². The van der Waals surface area contributed by atoms with Crippen molar-refractivity contribution in [2.75, 3.05) is 13.2 Å². The van der Waals surface area contributed by atoms with Crippen molar-refractivity contribution in [3.8, 4) is 5.75 Å². The fourth-order valence-electron chi connectivity index (χ4n) is 5.11. The Kier molecular flexibility index (Phi) is 13.1. The van der Waals surface area contributed by atoms with Crippen LogP contribution >= 0.6 is 0 Å². The van der Waals surface area contributed by atoms with Crippen molar-refractivity contribution in [3.05, 3.63) is 42.5 Å². The van der Waals surface area contributed by atoms with Crippen LogP contribution in [0, 0.1) is 11.3 Å². The van der Waals surface area contributed by atoms with E-state index in [1.807, 2.05) is 0 Å². The van der Waals surface area contributed by atoms with Crippen molar-refractivity contribution in [1.82, 2.24) is 16.0 Å². The summed E-state index contributed by atoms with van der Waals surface area (Å²) < 4.78 is 11.2. The number of nitrogens with two attached hydrogens (primary N) is 1. The molecule has 0 bridgehead atoms. The molecule has 0 spiro atoms. The van der Waals surface area contributed by atoms with Crippen molar-refractivity contribution < 1.29 is 43.3 Å². The summed E-state index contributed by atoms with van der Waals surface area (Å²) in [6.07, 6.45) is 1.30. The highest BCUT2D eigenvalue weighted by Crippen LogP contribution is 2.34. The molecule has 13 nitrogen and oxygen atoms in total. The zero-order valence-electron chi connectivity index (χ0n) is 26.8. The Morgan fingerprint density at radius 1 is 1.13 bits per heavy atom. The van der Waals surface area contributed by atoms with E-state index in [9.17, 15) is 33.9 Å². The van der Waals surface area contributed by atoms with Gasteiger partial charge in [0.25, 0.3) is 0 Å². The summed E-state index contributed by atoms with van der Waals surface area (Å²) in [4.78, 5) is 80.8. The van der Waals surface area contributed by atoms with Gasteiger partial charge in [-0.2, -0.15) is 0 Å². The average molecular weight is 631 g/mol. The maximum atomic E-state index is 14.6. The summed E-state index contributed by atoms with van der Waals surface area (Å²) in [5.74, 6) is -5.42. The third-order valence-corrected chi connectivity index (χ3v) is 7.32. The monoisotopic (exact) mass is 630 g/mol. The fraction of sp³-hybridized carbons (Fsp3) is 0.562. The van der Waals surface area contributed by atoms with Gasteiger partial charge in [-0.15, -0.1) is 6.58 Å². The maximum absolute atomic E-state index is 14.6. The number of ether oxygens (including phenoxy) is 2. The molecule has 0 aliphatic carbocycles. The minimum Gasteiger partial charge on any atom is -0.508 e. The molecule has 0 radical (unpaired) electrons. The van der Waals surface area contributed by atoms with Crippen LogP contribution in [0.4, 0.5) is 0 Å². The Bertz CT molecular complexity index is 1260. The van der Waals surface area contributed by atoms with Gasteiger partial charge >= 0.3 is 5.97 Å². The van der Waals surface area contributed by atoms with Gasteiger partial charge in [-0.25, -0.2) is 0 Å². The Hall–Kier alpha value is -3.94. The second-order valence-corrected chi connectivity index (χ2v) is 12.5. The molecule has 13 heteroatoms. The van der Waals surface area contributed by atoms with Gasteiger partial charge in [-0.3, -0.25) is 24.0 Å². The van der Waals surface area contributed by atoms with Crippen LogP contribution in [0.2, 0.25) is 0 Å². The number of hydrogen-bond acceptors (Lipinski definition) is 11. The molecule has 1 aromatic carbocycles. The van der Waals surface area contributed by atoms with Crippen molar-refractivity contribution >= 4 is 35.6 Å². The van der Waals surface area contributed by atoms with Gasteiger partial charge in [-0.05, 0) is 50.8 Å². The Morgan fingerprint density at radius 3 is 2.27 bits per heavy atom. The van der Waals surface area contributed by atoms with Crippen molar-refractivity contribution in [2.24, 2.45) is 17.1 Å². The SMILES string of the molecule is C=CCO[C@H]1CN[C@H](C(=O)C(C(=O)OC(C)(C)C)(C(=O)[C@@H](NC(=O)[C@H](Cc2ccc(O)cc2)NC(C)=O)C(C)C)[C@H](N)C=O)C1. The number of carbonyl (C=O) groups is 6. The molecule has 1 aliphatic heterocycles. The molecule has 1 fully saturated rings. The minimum absolute atomic E-state index is 0.00716. The molecule has 248 valence electrons. The topological polar surface area (TPSA) is 203 Å². The first-order valence-electron chi connectivity index (χ1n) is 14.8. The summed E-state index contributed by atoms with van der Waals surface area (Å²) in [6, 6.07) is 0.235. The molecular weight excluding hydrogens is 584 g/mol. The van der Waals surface area contributed by atoms with Gasteiger partial charge in [0.05, 0.1) is 30.8 Å². The largest absolute Gasteiger partial charge is 0.508 e. The smallest absolute Gasteiger partial charge is 0.330 e. The molecule has 2 amide bonds. The Morgan fingerprint density at radius 2 is 1.76 bits per heavy atom. The molecule has 6 N–H and O–H groups in total. The molecule has 2 rings (SSSR count). The number of benzene rings is 1. The van der Waals surface area contributed by atoms with Crippen LogP contribution in [0.1, 0.15) is 53.5 Å². The summed E-state index contributed by atoms with van der Waals surface area (Å²) in [7, 11) is 0. The molecule has 0 saturated carbocycles. The van der Waals surface area contributed by atoms with Gasteiger partial charge in [0.2, 0.25) is 17.2 Å². The number of aromatic hydroxyl groups is 1. The highest BCUT2D eigenvalue weighted by molar-refractivity contribution is 6.27. The quantitative estimate of drug-likeness (QED) is 0.0737. The number of carbonyl (C=O) groups excluding carboxylic acids is 6. The third-order valence-electron chi connectivity index (χ3n) is 7.32. The first kappa shape index (κ1) is 37.2. The minimum atomic E-state index is -2.83. The van der Waals surface area contributed by atoms with Gasteiger partial charge in [0.15, 0.2) is 11.6 Å². The van der Waals surface area contributed by atoms with Crippen LogP contribution in [-0.2, 0) is 44.7 Å². The number of amides is 2. The van der Waals surface area contributed by atoms with Crippen molar-refractivity contribution in [3.63, 3.8) is 0 Å². The van der Waals surface area contributed by atoms with Crippen LogP contribution < -0.4 is 21.7 Å². The summed E-state index contributed by atoms with van der Waals surface area (Å²) in [6.45, 7) is 13.0. The van der Waals surface area contributed by atoms with E-state index in [1.54, 1.807) is 26.0 Å². The standard InChI is InChI=1S/C32H46N4O9/c1-8-13-44-22-15-23(34-16-22)27(40)32(25(33)17-37,30(43)45-31(5,6)7)28(41)26(18(2)3)36-29(42)24(35-19(4)38)14-20-9-11-21(39)12-10-20/h8-12,17-18,22-26,34,39H,1,13-16,33H2,2-7H3,(H,35,38)(H,36,42)/t22-,23+,24+,25-,26+,32?/m1/s1. The highest BCUT2D eigenvalue weighted by atomic mass is 16.6. The lowest BCUT2D eigenvalue weighted by Gasteiger charge is -2.38. The van der Waals surface area contributed by atoms with E-state index in [-0.39, 0.29) is 38.0 Å². The number of aldehydes is 1. The zero-order chi connectivity index (χ0) is 34.1. The van der Waals surface area contributed by atoms with Gasteiger partial charge < -0.3 is 41.1 Å². The van der Waals surface area contributed by atoms with Crippen molar-refractivity contribution in [1.29, 1.82) is 0 Å². The Labute approximate surface area is 263 Å². The number of phenols is 1. The molecule has 1 aliphatic rings. The molecule has 1 aromatic rings. The maximum Gasteiger partial charge on any atom is 0.330 e. The van der Waals surface area contributed by atoms with Crippen LogP contribution in [0.5, 0.6) is 5.75 Å². The number of hydrogen-bond donors (Lipinski definition) is 5. The van der Waals surface area contributed by atoms with Crippen LogP contribution in [0.25, 0.3) is 0 Å². The second kappa shape index (κ2) is 15.9. The molecule has 6 atom stereocenters. The molecule has 1 saturated heterocycles. The molecular formula is C32H46N4O9. The lowest BCUT2D eigenvalue weighted by Crippen LogP contribution is -2.68. The number of rotatable bonds is 16. The van der Waals surface area contributed by atoms with Crippen LogP contribution in [0.3, 0.4) is 0 Å². The summed E-state index contributed by atoms with van der Waals surface area (Å²) in [5, 5.41) is 17.7. The molecule has 1 unspecified atom stereocenters. The van der Waals surface area contributed by atoms with Crippen LogP contribution in [-0.4, -0.2) is 89.8 Å². The number of Topliss-reactive ketones (excluding diaryl/α,β-unsaturated/α-hetero) is 2. The predicted molar refractivity (Wildman–Crippen MR) is 165 cm³/mol. The highest BCUT2D eigenvalue weighted by Gasteiger charge is 2.63. The number of ketones is 2. The van der Waals surface area contributed by atoms with E-state index < -0.39 is 76.6 Å². The van der Waals surface area contributed by atoms with Gasteiger partial charge in [0, 0.05) is 19.9 Å². The Balaban J connectivity index is 2.59. The van der Waals surface area contributed by atoms with E-state index >= 15 is 0 Å². The van der Waals surface area contributed by atoms with E-state index in [0.29, 0.717) is 5.56 Å². The first-order valence-corrected chi connectivity index (χ1v) is 14.8. The second-order valence-electron chi connectivity index (χ2n) is 12.5. The third kappa shape index (κ3) is 9.52. The summed E-state index contributed by atoms with van der Waals surface area (Å²) in [5.41, 5.74) is 2.78. The summed E-state index contributed by atoms with van der Waals surface area (Å²) >= 11 is 0. The molecule has 45 heavy (non-hydrogen) atoms. The van der Waals surface area contributed by atoms with Crippen LogP contribution in [0.15, 0.2) is 36.9 Å². The normalized spacial score (nSPS) is 19.8. The van der Waals surface area contributed by atoms with E-state index in [0.717, 1.165) is 0 Å². The number of phenolic OH excluding ortho intramolecular Hbond substituents is 1. The lowest BCUT2D eigenvalue weighted by atomic mass is 9.67. The molecule has 0 aromatic heterocycles. The predicted octanol–water partition coefficient (Wildman–Crippen LogP) is 0.506.